The normalized spacial score (nSPS) is 10.3. The Labute approximate surface area is 125 Å². The smallest absolute Gasteiger partial charge is 0.142 e. The van der Waals surface area contributed by atoms with Gasteiger partial charge in [0, 0.05) is 13.1 Å². The van der Waals surface area contributed by atoms with Crippen molar-refractivity contribution in [1.82, 2.24) is 4.90 Å². The molecule has 4 heteroatoms. The van der Waals surface area contributed by atoms with Gasteiger partial charge < -0.3 is 10.5 Å². The van der Waals surface area contributed by atoms with Crippen LogP contribution in [0, 0.1) is 11.3 Å². The Kier molecular flexibility index (Phi) is 5.19. The van der Waals surface area contributed by atoms with Crippen molar-refractivity contribution >= 4 is 5.69 Å². The monoisotopic (exact) mass is 281 g/mol. The Morgan fingerprint density at radius 3 is 2.76 bits per heavy atom. The molecule has 0 aliphatic carbocycles. The molecule has 2 rings (SSSR count). The average Bonchev–Trinajstić information content (AvgIpc) is 2.49. The van der Waals surface area contributed by atoms with Gasteiger partial charge in [-0.15, -0.1) is 0 Å². The Bertz CT molecular complexity index is 634. The molecule has 0 saturated carbocycles. The van der Waals surface area contributed by atoms with Crippen molar-refractivity contribution in [2.24, 2.45) is 0 Å². The fourth-order valence-electron chi connectivity index (χ4n) is 2.05. The zero-order chi connectivity index (χ0) is 15.1. The number of para-hydroxylation sites is 2. The molecule has 0 saturated heterocycles. The Morgan fingerprint density at radius 1 is 1.19 bits per heavy atom. The average molecular weight is 281 g/mol. The zero-order valence-electron chi connectivity index (χ0n) is 12.1. The van der Waals surface area contributed by atoms with E-state index in [1.54, 1.807) is 0 Å². The highest BCUT2D eigenvalue weighted by Gasteiger charge is 2.03. The number of hydrogen-bond acceptors (Lipinski definition) is 4. The highest BCUT2D eigenvalue weighted by Crippen LogP contribution is 2.19. The highest BCUT2D eigenvalue weighted by molar-refractivity contribution is 5.51. The molecule has 0 aromatic heterocycles. The topological polar surface area (TPSA) is 62.3 Å². The first-order valence-corrected chi connectivity index (χ1v) is 6.84. The Balaban J connectivity index is 1.81. The lowest BCUT2D eigenvalue weighted by atomic mass is 10.1. The second-order valence-corrected chi connectivity index (χ2v) is 4.94. The van der Waals surface area contributed by atoms with Gasteiger partial charge in [-0.3, -0.25) is 4.90 Å². The Morgan fingerprint density at radius 2 is 2.00 bits per heavy atom. The molecule has 0 atom stereocenters. The van der Waals surface area contributed by atoms with E-state index in [2.05, 4.69) is 11.0 Å². The summed E-state index contributed by atoms with van der Waals surface area (Å²) in [7, 11) is 2.02. The number of nitrogens with zero attached hydrogens (tertiary/aromatic N) is 2. The summed E-state index contributed by atoms with van der Waals surface area (Å²) in [5.41, 5.74) is 8.29. The number of nitrogen functional groups attached to an aromatic ring is 1. The van der Waals surface area contributed by atoms with Crippen molar-refractivity contribution in [1.29, 1.82) is 5.26 Å². The molecule has 0 aliphatic heterocycles. The third-order valence-electron chi connectivity index (χ3n) is 3.16. The van der Waals surface area contributed by atoms with E-state index in [4.69, 9.17) is 15.7 Å². The molecule has 0 spiro atoms. The molecule has 0 bridgehead atoms. The van der Waals surface area contributed by atoms with Crippen LogP contribution in [0.4, 0.5) is 5.69 Å². The molecule has 0 amide bonds. The van der Waals surface area contributed by atoms with Gasteiger partial charge in [-0.1, -0.05) is 24.3 Å². The standard InChI is InChI=1S/C17H19N3O/c1-20(13-15-6-4-5-14(11-15)12-18)9-10-21-17-8-3-2-7-16(17)19/h2-8,11H,9-10,13,19H2,1H3. The minimum atomic E-state index is 0.572. The minimum Gasteiger partial charge on any atom is -0.490 e. The van der Waals surface area contributed by atoms with Crippen LogP contribution < -0.4 is 10.5 Å². The van der Waals surface area contributed by atoms with Gasteiger partial charge in [-0.2, -0.15) is 5.26 Å². The second-order valence-electron chi connectivity index (χ2n) is 4.94. The van der Waals surface area contributed by atoms with Crippen LogP contribution in [0.15, 0.2) is 48.5 Å². The van der Waals surface area contributed by atoms with E-state index in [1.165, 1.54) is 0 Å². The molecule has 0 fully saturated rings. The van der Waals surface area contributed by atoms with Crippen molar-refractivity contribution in [2.45, 2.75) is 6.54 Å². The van der Waals surface area contributed by atoms with Crippen molar-refractivity contribution in [3.05, 3.63) is 59.7 Å². The maximum atomic E-state index is 8.89. The minimum absolute atomic E-state index is 0.572. The van der Waals surface area contributed by atoms with Crippen LogP contribution >= 0.6 is 0 Å². The summed E-state index contributed by atoms with van der Waals surface area (Å²) in [4.78, 5) is 2.15. The molecule has 2 aromatic rings. The number of hydrogen-bond donors (Lipinski definition) is 1. The van der Waals surface area contributed by atoms with Crippen LogP contribution in [0.3, 0.4) is 0 Å². The summed E-state index contributed by atoms with van der Waals surface area (Å²) in [5, 5.41) is 8.89. The zero-order valence-corrected chi connectivity index (χ0v) is 12.1. The predicted octanol–water partition coefficient (Wildman–Crippen LogP) is 2.65. The molecule has 0 unspecified atom stereocenters. The number of rotatable bonds is 6. The van der Waals surface area contributed by atoms with E-state index in [0.717, 1.165) is 24.4 Å². The molecule has 108 valence electrons. The number of likely N-dealkylation sites (N-methyl/N-ethyl adjacent to an activating group) is 1. The quantitative estimate of drug-likeness (QED) is 0.827. The second kappa shape index (κ2) is 7.32. The molecule has 0 aliphatic rings. The van der Waals surface area contributed by atoms with E-state index in [9.17, 15) is 0 Å². The van der Waals surface area contributed by atoms with Crippen molar-refractivity contribution in [3.8, 4) is 11.8 Å². The van der Waals surface area contributed by atoms with Gasteiger partial charge >= 0.3 is 0 Å². The summed E-state index contributed by atoms with van der Waals surface area (Å²) >= 11 is 0. The van der Waals surface area contributed by atoms with E-state index in [0.29, 0.717) is 17.9 Å². The first kappa shape index (κ1) is 14.9. The summed E-state index contributed by atoms with van der Waals surface area (Å²) in [5.74, 6) is 0.720. The summed E-state index contributed by atoms with van der Waals surface area (Å²) < 4.78 is 5.67. The van der Waals surface area contributed by atoms with Crippen LogP contribution in [0.2, 0.25) is 0 Å². The van der Waals surface area contributed by atoms with E-state index in [1.807, 2.05) is 55.6 Å². The van der Waals surface area contributed by atoms with E-state index < -0.39 is 0 Å². The van der Waals surface area contributed by atoms with Crippen molar-refractivity contribution in [2.75, 3.05) is 25.9 Å². The molecular weight excluding hydrogens is 262 g/mol. The number of nitriles is 1. The van der Waals surface area contributed by atoms with Crippen LogP contribution in [-0.2, 0) is 6.54 Å². The first-order valence-electron chi connectivity index (χ1n) is 6.84. The van der Waals surface area contributed by atoms with Gasteiger partial charge in [0.1, 0.15) is 12.4 Å². The van der Waals surface area contributed by atoms with Gasteiger partial charge in [0.15, 0.2) is 0 Å². The Hall–Kier alpha value is -2.51. The summed E-state index contributed by atoms with van der Waals surface area (Å²) in [6.07, 6.45) is 0. The number of anilines is 1. The lowest BCUT2D eigenvalue weighted by Crippen LogP contribution is -2.24. The van der Waals surface area contributed by atoms with Crippen LogP contribution in [0.5, 0.6) is 5.75 Å². The fraction of sp³-hybridized carbons (Fsp3) is 0.235. The molecule has 2 N–H and O–H groups in total. The van der Waals surface area contributed by atoms with Gasteiger partial charge in [-0.05, 0) is 36.9 Å². The lowest BCUT2D eigenvalue weighted by Gasteiger charge is -2.17. The highest BCUT2D eigenvalue weighted by atomic mass is 16.5. The number of nitrogens with two attached hydrogens (primary N) is 1. The van der Waals surface area contributed by atoms with Crippen LogP contribution in [0.1, 0.15) is 11.1 Å². The number of ether oxygens (including phenoxy) is 1. The molecule has 21 heavy (non-hydrogen) atoms. The van der Waals surface area contributed by atoms with Crippen molar-refractivity contribution < 1.29 is 4.74 Å². The molecular formula is C17H19N3O. The van der Waals surface area contributed by atoms with Gasteiger partial charge in [0.05, 0.1) is 17.3 Å². The maximum Gasteiger partial charge on any atom is 0.142 e. The molecule has 4 nitrogen and oxygen atoms in total. The summed E-state index contributed by atoms with van der Waals surface area (Å²) in [6, 6.07) is 17.3. The molecule has 0 radical (unpaired) electrons. The van der Waals surface area contributed by atoms with Gasteiger partial charge in [-0.25, -0.2) is 0 Å². The maximum absolute atomic E-state index is 8.89. The fourth-order valence-corrected chi connectivity index (χ4v) is 2.05. The van der Waals surface area contributed by atoms with Gasteiger partial charge in [0.2, 0.25) is 0 Å². The van der Waals surface area contributed by atoms with Crippen LogP contribution in [-0.4, -0.2) is 25.1 Å². The van der Waals surface area contributed by atoms with Gasteiger partial charge in [0.25, 0.3) is 0 Å². The SMILES string of the molecule is CN(CCOc1ccccc1N)Cc1cccc(C#N)c1. The molecule has 2 aromatic carbocycles. The third kappa shape index (κ3) is 4.51. The largest absolute Gasteiger partial charge is 0.490 e. The number of benzene rings is 2. The van der Waals surface area contributed by atoms with Crippen molar-refractivity contribution in [3.63, 3.8) is 0 Å². The van der Waals surface area contributed by atoms with E-state index >= 15 is 0 Å². The lowest BCUT2D eigenvalue weighted by molar-refractivity contribution is 0.233. The molecule has 0 heterocycles. The third-order valence-corrected chi connectivity index (χ3v) is 3.16. The van der Waals surface area contributed by atoms with Crippen LogP contribution in [0.25, 0.3) is 0 Å². The summed E-state index contributed by atoms with van der Waals surface area (Å²) in [6.45, 7) is 2.14. The predicted molar refractivity (Wildman–Crippen MR) is 83.8 cm³/mol. The first-order chi connectivity index (χ1) is 10.2. The van der Waals surface area contributed by atoms with E-state index in [-0.39, 0.29) is 0 Å².